The fourth-order valence-electron chi connectivity index (χ4n) is 3.01. The summed E-state index contributed by atoms with van der Waals surface area (Å²) in [5, 5.41) is 3.49. The van der Waals surface area contributed by atoms with Gasteiger partial charge in [0.15, 0.2) is 0 Å². The van der Waals surface area contributed by atoms with Crippen LogP contribution >= 0.6 is 11.6 Å². The summed E-state index contributed by atoms with van der Waals surface area (Å²) in [6.07, 6.45) is 1.00. The number of nitrogens with one attached hydrogen (secondary N) is 1. The second-order valence-corrected chi connectivity index (χ2v) is 6.53. The van der Waals surface area contributed by atoms with Crippen molar-refractivity contribution in [2.75, 3.05) is 32.5 Å². The summed E-state index contributed by atoms with van der Waals surface area (Å²) in [6.45, 7) is 6.23. The van der Waals surface area contributed by atoms with Crippen LogP contribution < -0.4 is 5.32 Å². The van der Waals surface area contributed by atoms with Crippen LogP contribution in [0.5, 0.6) is 0 Å². The van der Waals surface area contributed by atoms with Gasteiger partial charge in [-0.05, 0) is 50.6 Å². The second kappa shape index (κ2) is 6.67. The van der Waals surface area contributed by atoms with Crippen molar-refractivity contribution >= 4 is 23.3 Å². The van der Waals surface area contributed by atoms with Crippen molar-refractivity contribution in [2.24, 2.45) is 5.92 Å². The monoisotopic (exact) mass is 309 g/mol. The van der Waals surface area contributed by atoms with Gasteiger partial charge in [0.25, 0.3) is 0 Å². The number of piperidine rings is 1. The van der Waals surface area contributed by atoms with Crippen LogP contribution in [0.3, 0.4) is 0 Å². The summed E-state index contributed by atoms with van der Waals surface area (Å²) in [4.78, 5) is 16.6. The summed E-state index contributed by atoms with van der Waals surface area (Å²) in [5.74, 6) is 0.465. The fraction of sp³-hybridized carbons (Fsp3) is 0.562. The van der Waals surface area contributed by atoms with E-state index in [0.29, 0.717) is 16.6 Å². The Morgan fingerprint density at radius 2 is 2.19 bits per heavy atom. The van der Waals surface area contributed by atoms with Crippen LogP contribution in [0.4, 0.5) is 10.5 Å². The lowest BCUT2D eigenvalue weighted by molar-refractivity contribution is 0.113. The standard InChI is InChI=1S/C16H24ClN3O/c1-11-5-6-13(17)14(9-11)18-16(21)20(4)15-7-8-19(3)10-12(15)2/h5-6,9,12,15H,7-8,10H2,1-4H3,(H,18,21)/t12-,15+/m0/s1. The van der Waals surface area contributed by atoms with Gasteiger partial charge in [-0.3, -0.25) is 0 Å². The van der Waals surface area contributed by atoms with Crippen molar-refractivity contribution < 1.29 is 4.79 Å². The molecule has 1 N–H and O–H groups in total. The average Bonchev–Trinajstić information content (AvgIpc) is 2.42. The third-order valence-electron chi connectivity index (χ3n) is 4.24. The minimum absolute atomic E-state index is 0.0936. The van der Waals surface area contributed by atoms with E-state index in [4.69, 9.17) is 11.6 Å². The van der Waals surface area contributed by atoms with Gasteiger partial charge in [0.1, 0.15) is 0 Å². The molecule has 5 heteroatoms. The van der Waals surface area contributed by atoms with Crippen LogP contribution in [0.15, 0.2) is 18.2 Å². The quantitative estimate of drug-likeness (QED) is 0.908. The largest absolute Gasteiger partial charge is 0.324 e. The number of carbonyl (C=O) groups is 1. The molecular weight excluding hydrogens is 286 g/mol. The Balaban J connectivity index is 2.04. The zero-order chi connectivity index (χ0) is 15.6. The van der Waals surface area contributed by atoms with Crippen LogP contribution in [0, 0.1) is 12.8 Å². The van der Waals surface area contributed by atoms with Crippen molar-refractivity contribution in [3.63, 3.8) is 0 Å². The van der Waals surface area contributed by atoms with Crippen LogP contribution in [0.2, 0.25) is 5.02 Å². The maximum absolute atomic E-state index is 12.4. The molecule has 1 aliphatic rings. The van der Waals surface area contributed by atoms with E-state index in [-0.39, 0.29) is 12.1 Å². The topological polar surface area (TPSA) is 35.6 Å². The van der Waals surface area contributed by atoms with Gasteiger partial charge in [-0.25, -0.2) is 4.79 Å². The maximum Gasteiger partial charge on any atom is 0.321 e. The van der Waals surface area contributed by atoms with Gasteiger partial charge in [0.05, 0.1) is 10.7 Å². The Hall–Kier alpha value is -1.26. The Morgan fingerprint density at radius 1 is 1.48 bits per heavy atom. The number of nitrogens with zero attached hydrogens (tertiary/aromatic N) is 2. The SMILES string of the molecule is Cc1ccc(Cl)c(NC(=O)N(C)[C@@H]2CCN(C)C[C@@H]2C)c1. The predicted octanol–water partition coefficient (Wildman–Crippen LogP) is 3.45. The molecule has 1 saturated heterocycles. The van der Waals surface area contributed by atoms with Gasteiger partial charge in [0, 0.05) is 19.6 Å². The van der Waals surface area contributed by atoms with E-state index >= 15 is 0 Å². The number of carbonyl (C=O) groups excluding carboxylic acids is 1. The molecule has 1 heterocycles. The summed E-state index contributed by atoms with van der Waals surface area (Å²) in [6, 6.07) is 5.81. The first-order valence-corrected chi connectivity index (χ1v) is 7.74. The highest BCUT2D eigenvalue weighted by molar-refractivity contribution is 6.33. The number of benzene rings is 1. The number of urea groups is 1. The van der Waals surface area contributed by atoms with Crippen molar-refractivity contribution in [3.05, 3.63) is 28.8 Å². The van der Waals surface area contributed by atoms with E-state index in [1.807, 2.05) is 37.1 Å². The number of amides is 2. The highest BCUT2D eigenvalue weighted by Crippen LogP contribution is 2.25. The summed E-state index contributed by atoms with van der Waals surface area (Å²) >= 11 is 6.14. The Labute approximate surface area is 132 Å². The van der Waals surface area contributed by atoms with Gasteiger partial charge >= 0.3 is 6.03 Å². The van der Waals surface area contributed by atoms with Gasteiger partial charge in [-0.15, -0.1) is 0 Å². The normalized spacial score (nSPS) is 22.9. The Morgan fingerprint density at radius 3 is 2.86 bits per heavy atom. The highest BCUT2D eigenvalue weighted by Gasteiger charge is 2.30. The molecule has 0 aliphatic carbocycles. The predicted molar refractivity (Wildman–Crippen MR) is 88.0 cm³/mol. The molecule has 1 aromatic carbocycles. The number of rotatable bonds is 2. The lowest BCUT2D eigenvalue weighted by Crippen LogP contribution is -2.50. The number of likely N-dealkylation sites (tertiary alicyclic amines) is 1. The van der Waals surface area contributed by atoms with Gasteiger partial charge in [-0.2, -0.15) is 0 Å². The molecule has 21 heavy (non-hydrogen) atoms. The van der Waals surface area contributed by atoms with Crippen LogP contribution in [0.1, 0.15) is 18.9 Å². The smallest absolute Gasteiger partial charge is 0.321 e. The van der Waals surface area contributed by atoms with Crippen LogP contribution in [-0.2, 0) is 0 Å². The molecule has 2 atom stereocenters. The third kappa shape index (κ3) is 3.89. The van der Waals surface area contributed by atoms with Crippen molar-refractivity contribution in [1.29, 1.82) is 0 Å². The first kappa shape index (κ1) is 16.1. The zero-order valence-corrected chi connectivity index (χ0v) is 13.9. The lowest BCUT2D eigenvalue weighted by Gasteiger charge is -2.39. The number of anilines is 1. The molecule has 4 nitrogen and oxygen atoms in total. The van der Waals surface area contributed by atoms with E-state index in [2.05, 4.69) is 24.2 Å². The van der Waals surface area contributed by atoms with E-state index in [0.717, 1.165) is 25.1 Å². The molecule has 2 amide bonds. The van der Waals surface area contributed by atoms with E-state index in [9.17, 15) is 4.79 Å². The lowest BCUT2D eigenvalue weighted by atomic mass is 9.93. The molecule has 1 aliphatic heterocycles. The van der Waals surface area contributed by atoms with Crippen molar-refractivity contribution in [1.82, 2.24) is 9.80 Å². The highest BCUT2D eigenvalue weighted by atomic mass is 35.5. The average molecular weight is 310 g/mol. The molecule has 0 aromatic heterocycles. The van der Waals surface area contributed by atoms with Crippen LogP contribution in [0.25, 0.3) is 0 Å². The minimum Gasteiger partial charge on any atom is -0.324 e. The van der Waals surface area contributed by atoms with E-state index in [1.54, 1.807) is 0 Å². The zero-order valence-electron chi connectivity index (χ0n) is 13.2. The van der Waals surface area contributed by atoms with Gasteiger partial charge in [0.2, 0.25) is 0 Å². The molecule has 1 aromatic rings. The molecule has 0 saturated carbocycles. The minimum atomic E-state index is -0.0936. The Kier molecular flexibility index (Phi) is 5.12. The summed E-state index contributed by atoms with van der Waals surface area (Å²) < 4.78 is 0. The van der Waals surface area contributed by atoms with Gasteiger partial charge < -0.3 is 15.1 Å². The third-order valence-corrected chi connectivity index (χ3v) is 4.57. The summed E-state index contributed by atoms with van der Waals surface area (Å²) in [5.41, 5.74) is 1.75. The van der Waals surface area contributed by atoms with Crippen molar-refractivity contribution in [3.8, 4) is 0 Å². The summed E-state index contributed by atoms with van der Waals surface area (Å²) in [7, 11) is 3.99. The van der Waals surface area contributed by atoms with Crippen LogP contribution in [-0.4, -0.2) is 49.1 Å². The number of hydrogen-bond acceptors (Lipinski definition) is 2. The molecule has 2 rings (SSSR count). The Bertz CT molecular complexity index is 520. The number of halogens is 1. The first-order valence-electron chi connectivity index (χ1n) is 7.37. The first-order chi connectivity index (χ1) is 9.88. The molecule has 0 spiro atoms. The maximum atomic E-state index is 12.4. The van der Waals surface area contributed by atoms with E-state index < -0.39 is 0 Å². The fourth-order valence-corrected chi connectivity index (χ4v) is 3.17. The molecule has 0 radical (unpaired) electrons. The van der Waals surface area contributed by atoms with Gasteiger partial charge in [-0.1, -0.05) is 24.6 Å². The molecule has 0 bridgehead atoms. The number of hydrogen-bond donors (Lipinski definition) is 1. The van der Waals surface area contributed by atoms with E-state index in [1.165, 1.54) is 0 Å². The number of aryl methyl sites for hydroxylation is 1. The molecule has 116 valence electrons. The van der Waals surface area contributed by atoms with Crippen molar-refractivity contribution in [2.45, 2.75) is 26.3 Å². The molecule has 1 fully saturated rings. The molecular formula is C16H24ClN3O. The second-order valence-electron chi connectivity index (χ2n) is 6.12. The molecule has 0 unspecified atom stereocenters.